The number of thiocarbonyl (C=S) groups is 1. The Morgan fingerprint density at radius 1 is 1.40 bits per heavy atom. The molecule has 1 aliphatic heterocycles. The molecule has 1 fully saturated rings. The summed E-state index contributed by atoms with van der Waals surface area (Å²) in [5.74, 6) is 1.90. The first-order chi connectivity index (χ1) is 11.9. The third-order valence-electron chi connectivity index (χ3n) is 4.44. The second-order valence-electron chi connectivity index (χ2n) is 7.11. The highest BCUT2D eigenvalue weighted by Gasteiger charge is 2.20. The summed E-state index contributed by atoms with van der Waals surface area (Å²) in [6, 6.07) is 5.37. The number of rotatable bonds is 5. The van der Waals surface area contributed by atoms with Crippen LogP contribution in [0.5, 0.6) is 5.75 Å². The van der Waals surface area contributed by atoms with Gasteiger partial charge in [0.05, 0.1) is 11.1 Å². The Balaban J connectivity index is 1.91. The molecule has 1 N–H and O–H groups in total. The van der Waals surface area contributed by atoms with Gasteiger partial charge >= 0.3 is 0 Å². The van der Waals surface area contributed by atoms with E-state index >= 15 is 0 Å². The standard InChI is InChI=1S/C19H27BrN2O2S/c1-13(2)8-11-24-17-5-4-15(12-16(17)20)18(23)21-19(25)22-9-6-14(3)7-10-22/h4-5,12-14H,6-11H2,1-3H3,(H,21,23,25). The number of piperidine rings is 1. The van der Waals surface area contributed by atoms with Gasteiger partial charge in [-0.15, -0.1) is 0 Å². The van der Waals surface area contributed by atoms with E-state index in [2.05, 4.69) is 46.9 Å². The molecule has 0 aromatic heterocycles. The molecule has 1 aromatic rings. The molecular weight excluding hydrogens is 400 g/mol. The van der Waals surface area contributed by atoms with E-state index in [1.165, 1.54) is 0 Å². The van der Waals surface area contributed by atoms with Crippen LogP contribution < -0.4 is 10.1 Å². The summed E-state index contributed by atoms with van der Waals surface area (Å²) in [6.07, 6.45) is 3.23. The molecular formula is C19H27BrN2O2S. The average Bonchev–Trinajstić information content (AvgIpc) is 2.56. The molecule has 1 aliphatic rings. The van der Waals surface area contributed by atoms with Crippen molar-refractivity contribution in [1.29, 1.82) is 0 Å². The van der Waals surface area contributed by atoms with E-state index in [1.807, 2.05) is 6.07 Å². The molecule has 0 spiro atoms. The third-order valence-corrected chi connectivity index (χ3v) is 5.42. The van der Waals surface area contributed by atoms with Crippen molar-refractivity contribution in [3.63, 3.8) is 0 Å². The number of nitrogens with one attached hydrogen (secondary N) is 1. The predicted molar refractivity (Wildman–Crippen MR) is 109 cm³/mol. The Bertz CT molecular complexity index is 613. The van der Waals surface area contributed by atoms with E-state index in [-0.39, 0.29) is 5.91 Å². The number of hydrogen-bond donors (Lipinski definition) is 1. The van der Waals surface area contributed by atoms with Crippen molar-refractivity contribution in [2.45, 2.75) is 40.0 Å². The lowest BCUT2D eigenvalue weighted by Crippen LogP contribution is -2.46. The van der Waals surface area contributed by atoms with Crippen LogP contribution in [0.15, 0.2) is 22.7 Å². The second kappa shape index (κ2) is 9.53. The summed E-state index contributed by atoms with van der Waals surface area (Å²) < 4.78 is 6.54. The van der Waals surface area contributed by atoms with Gasteiger partial charge in [-0.05, 0) is 77.4 Å². The molecule has 0 radical (unpaired) electrons. The summed E-state index contributed by atoms with van der Waals surface area (Å²) in [7, 11) is 0. The van der Waals surface area contributed by atoms with Crippen molar-refractivity contribution >= 4 is 39.2 Å². The summed E-state index contributed by atoms with van der Waals surface area (Å²) in [4.78, 5) is 14.5. The van der Waals surface area contributed by atoms with Gasteiger partial charge in [-0.1, -0.05) is 20.8 Å². The lowest BCUT2D eigenvalue weighted by Gasteiger charge is -2.32. The fourth-order valence-corrected chi connectivity index (χ4v) is 3.39. The molecule has 25 heavy (non-hydrogen) atoms. The van der Waals surface area contributed by atoms with Crippen LogP contribution >= 0.6 is 28.1 Å². The minimum absolute atomic E-state index is 0.182. The van der Waals surface area contributed by atoms with Crippen LogP contribution in [-0.2, 0) is 0 Å². The number of halogens is 1. The lowest BCUT2D eigenvalue weighted by atomic mass is 10.00. The fraction of sp³-hybridized carbons (Fsp3) is 0.579. The maximum absolute atomic E-state index is 12.4. The van der Waals surface area contributed by atoms with Crippen molar-refractivity contribution in [1.82, 2.24) is 10.2 Å². The molecule has 1 amide bonds. The Morgan fingerprint density at radius 3 is 2.68 bits per heavy atom. The fourth-order valence-electron chi connectivity index (χ4n) is 2.62. The zero-order valence-electron chi connectivity index (χ0n) is 15.2. The van der Waals surface area contributed by atoms with Crippen LogP contribution in [0.4, 0.5) is 0 Å². The summed E-state index contributed by atoms with van der Waals surface area (Å²) in [6.45, 7) is 9.06. The van der Waals surface area contributed by atoms with E-state index in [9.17, 15) is 4.79 Å². The van der Waals surface area contributed by atoms with Gasteiger partial charge in [-0.3, -0.25) is 10.1 Å². The first-order valence-corrected chi connectivity index (χ1v) is 10.1. The molecule has 0 atom stereocenters. The predicted octanol–water partition coefficient (Wildman–Crippen LogP) is 4.62. The Labute approximate surface area is 164 Å². The monoisotopic (exact) mass is 426 g/mol. The summed E-state index contributed by atoms with van der Waals surface area (Å²) >= 11 is 8.87. The molecule has 4 nitrogen and oxygen atoms in total. The first-order valence-electron chi connectivity index (χ1n) is 8.89. The molecule has 0 saturated carbocycles. The number of amides is 1. The smallest absolute Gasteiger partial charge is 0.257 e. The Kier molecular flexibility index (Phi) is 7.69. The maximum Gasteiger partial charge on any atom is 0.257 e. The number of likely N-dealkylation sites (tertiary alicyclic amines) is 1. The van der Waals surface area contributed by atoms with Gasteiger partial charge in [0.2, 0.25) is 0 Å². The van der Waals surface area contributed by atoms with Crippen molar-refractivity contribution in [2.24, 2.45) is 11.8 Å². The number of carbonyl (C=O) groups excluding carboxylic acids is 1. The minimum Gasteiger partial charge on any atom is -0.492 e. The van der Waals surface area contributed by atoms with Gasteiger partial charge in [-0.2, -0.15) is 0 Å². The maximum atomic E-state index is 12.4. The number of hydrogen-bond acceptors (Lipinski definition) is 3. The highest BCUT2D eigenvalue weighted by Crippen LogP contribution is 2.26. The Morgan fingerprint density at radius 2 is 2.08 bits per heavy atom. The van der Waals surface area contributed by atoms with Crippen LogP contribution in [0.3, 0.4) is 0 Å². The van der Waals surface area contributed by atoms with Crippen LogP contribution in [0.2, 0.25) is 0 Å². The van der Waals surface area contributed by atoms with Gasteiger partial charge in [0.1, 0.15) is 5.75 Å². The van der Waals surface area contributed by atoms with Crippen molar-refractivity contribution in [3.8, 4) is 5.75 Å². The topological polar surface area (TPSA) is 41.6 Å². The normalized spacial score (nSPS) is 15.3. The number of carbonyl (C=O) groups is 1. The van der Waals surface area contributed by atoms with Crippen LogP contribution in [0.1, 0.15) is 50.4 Å². The number of ether oxygens (including phenoxy) is 1. The van der Waals surface area contributed by atoms with E-state index in [0.717, 1.165) is 48.5 Å². The zero-order chi connectivity index (χ0) is 18.4. The van der Waals surface area contributed by atoms with Gasteiger partial charge < -0.3 is 9.64 Å². The highest BCUT2D eigenvalue weighted by atomic mass is 79.9. The average molecular weight is 427 g/mol. The molecule has 1 saturated heterocycles. The highest BCUT2D eigenvalue weighted by molar-refractivity contribution is 9.10. The van der Waals surface area contributed by atoms with Gasteiger partial charge in [0.25, 0.3) is 5.91 Å². The molecule has 0 unspecified atom stereocenters. The van der Waals surface area contributed by atoms with Gasteiger partial charge in [0.15, 0.2) is 5.11 Å². The van der Waals surface area contributed by atoms with Crippen LogP contribution in [0, 0.1) is 11.8 Å². The second-order valence-corrected chi connectivity index (χ2v) is 8.35. The molecule has 138 valence electrons. The summed E-state index contributed by atoms with van der Waals surface area (Å²) in [5, 5.41) is 3.36. The lowest BCUT2D eigenvalue weighted by molar-refractivity contribution is 0.0972. The van der Waals surface area contributed by atoms with E-state index in [0.29, 0.717) is 23.2 Å². The summed E-state index contributed by atoms with van der Waals surface area (Å²) in [5.41, 5.74) is 0.566. The molecule has 1 aromatic carbocycles. The first kappa shape index (κ1) is 20.2. The van der Waals surface area contributed by atoms with E-state index in [1.54, 1.807) is 12.1 Å². The van der Waals surface area contributed by atoms with Crippen LogP contribution in [0.25, 0.3) is 0 Å². The quantitative estimate of drug-likeness (QED) is 0.697. The molecule has 1 heterocycles. The van der Waals surface area contributed by atoms with E-state index < -0.39 is 0 Å². The van der Waals surface area contributed by atoms with Crippen molar-refractivity contribution in [3.05, 3.63) is 28.2 Å². The van der Waals surface area contributed by atoms with Crippen molar-refractivity contribution in [2.75, 3.05) is 19.7 Å². The zero-order valence-corrected chi connectivity index (χ0v) is 17.6. The van der Waals surface area contributed by atoms with E-state index in [4.69, 9.17) is 17.0 Å². The number of nitrogens with zero attached hydrogens (tertiary/aromatic N) is 1. The van der Waals surface area contributed by atoms with Gasteiger partial charge in [-0.25, -0.2) is 0 Å². The molecule has 2 rings (SSSR count). The number of benzene rings is 1. The molecule has 6 heteroatoms. The SMILES string of the molecule is CC(C)CCOc1ccc(C(=O)NC(=S)N2CCC(C)CC2)cc1Br. The molecule has 0 aliphatic carbocycles. The van der Waals surface area contributed by atoms with Crippen LogP contribution in [-0.4, -0.2) is 35.6 Å². The Hall–Kier alpha value is -1.14. The van der Waals surface area contributed by atoms with Gasteiger partial charge in [0, 0.05) is 18.7 Å². The third kappa shape index (κ3) is 6.26. The largest absolute Gasteiger partial charge is 0.492 e. The van der Waals surface area contributed by atoms with Crippen molar-refractivity contribution < 1.29 is 9.53 Å². The minimum atomic E-state index is -0.182. The molecule has 0 bridgehead atoms.